The van der Waals surface area contributed by atoms with Gasteiger partial charge in [0.1, 0.15) is 0 Å². The minimum Gasteiger partial charge on any atom is -0.494 e. The van der Waals surface area contributed by atoms with E-state index >= 15 is 0 Å². The number of piperidine rings is 1. The Balaban J connectivity index is 2.14. The number of hydrogen-bond acceptors (Lipinski definition) is 3. The highest BCUT2D eigenvalue weighted by Gasteiger charge is 2.36. The molecule has 1 aliphatic heterocycles. The third-order valence-electron chi connectivity index (χ3n) is 3.99. The first kappa shape index (κ1) is 15.3. The van der Waals surface area contributed by atoms with Crippen LogP contribution < -0.4 is 4.74 Å². The van der Waals surface area contributed by atoms with Crippen molar-refractivity contribution in [2.24, 2.45) is 5.92 Å². The van der Waals surface area contributed by atoms with Crippen molar-refractivity contribution in [1.82, 2.24) is 4.90 Å². The first-order chi connectivity index (χ1) is 9.46. The molecular weight excluding hydrogens is 257 g/mol. The second-order valence-electron chi connectivity index (χ2n) is 6.05. The molecule has 0 atom stereocenters. The fourth-order valence-corrected chi connectivity index (χ4v) is 2.92. The van der Waals surface area contributed by atoms with Crippen molar-refractivity contribution >= 4 is 0 Å². The van der Waals surface area contributed by atoms with Crippen LogP contribution in [0.3, 0.4) is 0 Å². The summed E-state index contributed by atoms with van der Waals surface area (Å²) in [5, 5.41) is 10.8. The minimum atomic E-state index is -1.08. The molecule has 1 fully saturated rings. The smallest absolute Gasteiger partial charge is 0.171 e. The molecule has 0 unspecified atom stereocenters. The van der Waals surface area contributed by atoms with E-state index in [0.717, 1.165) is 19.6 Å². The SMILES string of the molecule is COc1cccc(C2(O)CCN(CC(C)C)CC2)c1F. The van der Waals surface area contributed by atoms with Crippen molar-refractivity contribution in [3.63, 3.8) is 0 Å². The van der Waals surface area contributed by atoms with Gasteiger partial charge in [-0.3, -0.25) is 0 Å². The Bertz CT molecular complexity index is 454. The van der Waals surface area contributed by atoms with Crippen LogP contribution in [0.25, 0.3) is 0 Å². The number of halogens is 1. The summed E-state index contributed by atoms with van der Waals surface area (Å²) in [6.45, 7) is 6.98. The Hall–Kier alpha value is -1.13. The number of rotatable bonds is 4. The van der Waals surface area contributed by atoms with Crippen molar-refractivity contribution in [2.75, 3.05) is 26.7 Å². The molecular formula is C16H24FNO2. The van der Waals surface area contributed by atoms with Crippen molar-refractivity contribution in [2.45, 2.75) is 32.3 Å². The van der Waals surface area contributed by atoms with Gasteiger partial charge in [0.05, 0.1) is 12.7 Å². The standard InChI is InChI=1S/C16H24FNO2/c1-12(2)11-18-9-7-16(19,8-10-18)13-5-4-6-14(20-3)15(13)17/h4-6,12,19H,7-11H2,1-3H3. The topological polar surface area (TPSA) is 32.7 Å². The first-order valence-electron chi connectivity index (χ1n) is 7.24. The lowest BCUT2D eigenvalue weighted by atomic mass is 9.84. The van der Waals surface area contributed by atoms with E-state index in [-0.39, 0.29) is 5.75 Å². The molecule has 3 nitrogen and oxygen atoms in total. The monoisotopic (exact) mass is 281 g/mol. The second kappa shape index (κ2) is 6.10. The minimum absolute atomic E-state index is 0.195. The van der Waals surface area contributed by atoms with Crippen LogP contribution in [-0.4, -0.2) is 36.8 Å². The van der Waals surface area contributed by atoms with E-state index in [4.69, 9.17) is 4.74 Å². The van der Waals surface area contributed by atoms with Crippen molar-refractivity contribution in [1.29, 1.82) is 0 Å². The molecule has 0 spiro atoms. The average Bonchev–Trinajstić information content (AvgIpc) is 2.41. The maximum absolute atomic E-state index is 14.3. The van der Waals surface area contributed by atoms with Crippen molar-refractivity contribution in [3.8, 4) is 5.75 Å². The van der Waals surface area contributed by atoms with E-state index in [0.29, 0.717) is 24.3 Å². The fraction of sp³-hybridized carbons (Fsp3) is 0.625. The highest BCUT2D eigenvalue weighted by Crippen LogP contribution is 2.36. The summed E-state index contributed by atoms with van der Waals surface area (Å²) in [7, 11) is 1.44. The molecule has 112 valence electrons. The summed E-state index contributed by atoms with van der Waals surface area (Å²) in [5.41, 5.74) is -0.715. The molecule has 0 aromatic heterocycles. The van der Waals surface area contributed by atoms with E-state index in [1.54, 1.807) is 18.2 Å². The third kappa shape index (κ3) is 3.13. The molecule has 2 rings (SSSR count). The zero-order valence-electron chi connectivity index (χ0n) is 12.5. The molecule has 1 heterocycles. The fourth-order valence-electron chi connectivity index (χ4n) is 2.92. The average molecular weight is 281 g/mol. The highest BCUT2D eigenvalue weighted by molar-refractivity contribution is 5.35. The number of benzene rings is 1. The van der Waals surface area contributed by atoms with Gasteiger partial charge in [-0.05, 0) is 24.8 Å². The van der Waals surface area contributed by atoms with Gasteiger partial charge in [-0.25, -0.2) is 4.39 Å². The van der Waals surface area contributed by atoms with Crippen LogP contribution in [0.1, 0.15) is 32.3 Å². The zero-order valence-corrected chi connectivity index (χ0v) is 12.5. The van der Waals surface area contributed by atoms with Gasteiger partial charge in [-0.1, -0.05) is 26.0 Å². The van der Waals surface area contributed by atoms with Crippen LogP contribution >= 0.6 is 0 Å². The second-order valence-corrected chi connectivity index (χ2v) is 6.05. The Morgan fingerprint density at radius 2 is 2.00 bits per heavy atom. The van der Waals surface area contributed by atoms with Gasteiger partial charge in [0.25, 0.3) is 0 Å². The number of likely N-dealkylation sites (tertiary alicyclic amines) is 1. The van der Waals surface area contributed by atoms with Gasteiger partial charge in [0.2, 0.25) is 0 Å². The van der Waals surface area contributed by atoms with Crippen LogP contribution in [0.5, 0.6) is 5.75 Å². The number of nitrogens with zero attached hydrogens (tertiary/aromatic N) is 1. The molecule has 1 aliphatic rings. The number of methoxy groups -OCH3 is 1. The van der Waals surface area contributed by atoms with Crippen LogP contribution in [0.15, 0.2) is 18.2 Å². The maximum Gasteiger partial charge on any atom is 0.171 e. The predicted octanol–water partition coefficient (Wildman–Crippen LogP) is 2.77. The summed E-state index contributed by atoms with van der Waals surface area (Å²) < 4.78 is 19.3. The Kier molecular flexibility index (Phi) is 4.66. The van der Waals surface area contributed by atoms with Gasteiger partial charge in [0.15, 0.2) is 11.6 Å². The lowest BCUT2D eigenvalue weighted by Crippen LogP contribution is -2.44. The van der Waals surface area contributed by atoms with Gasteiger partial charge in [-0.2, -0.15) is 0 Å². The normalized spacial score (nSPS) is 19.3. The summed E-state index contributed by atoms with van der Waals surface area (Å²) in [6, 6.07) is 4.97. The molecule has 0 saturated carbocycles. The number of ether oxygens (including phenoxy) is 1. The van der Waals surface area contributed by atoms with Crippen molar-refractivity contribution in [3.05, 3.63) is 29.6 Å². The molecule has 1 aromatic rings. The molecule has 1 aromatic carbocycles. The highest BCUT2D eigenvalue weighted by atomic mass is 19.1. The first-order valence-corrected chi connectivity index (χ1v) is 7.24. The van der Waals surface area contributed by atoms with Crippen LogP contribution in [0.2, 0.25) is 0 Å². The molecule has 20 heavy (non-hydrogen) atoms. The van der Waals surface area contributed by atoms with Gasteiger partial charge >= 0.3 is 0 Å². The van der Waals surface area contributed by atoms with E-state index < -0.39 is 11.4 Å². The van der Waals surface area contributed by atoms with Crippen LogP contribution in [0, 0.1) is 11.7 Å². The van der Waals surface area contributed by atoms with Crippen LogP contribution in [-0.2, 0) is 5.60 Å². The number of hydrogen-bond donors (Lipinski definition) is 1. The molecule has 4 heteroatoms. The predicted molar refractivity (Wildman–Crippen MR) is 77.4 cm³/mol. The molecule has 0 bridgehead atoms. The van der Waals surface area contributed by atoms with E-state index in [1.165, 1.54) is 7.11 Å². The molecule has 1 N–H and O–H groups in total. The van der Waals surface area contributed by atoms with E-state index in [2.05, 4.69) is 18.7 Å². The lowest BCUT2D eigenvalue weighted by molar-refractivity contribution is -0.0307. The zero-order chi connectivity index (χ0) is 14.8. The summed E-state index contributed by atoms with van der Waals surface area (Å²) >= 11 is 0. The third-order valence-corrected chi connectivity index (χ3v) is 3.99. The van der Waals surface area contributed by atoms with E-state index in [1.807, 2.05) is 0 Å². The molecule has 1 saturated heterocycles. The number of aliphatic hydroxyl groups is 1. The maximum atomic E-state index is 14.3. The van der Waals surface area contributed by atoms with Gasteiger partial charge in [-0.15, -0.1) is 0 Å². The van der Waals surface area contributed by atoms with Crippen molar-refractivity contribution < 1.29 is 14.2 Å². The van der Waals surface area contributed by atoms with E-state index in [9.17, 15) is 9.50 Å². The summed E-state index contributed by atoms with van der Waals surface area (Å²) in [6.07, 6.45) is 1.12. The van der Waals surface area contributed by atoms with Gasteiger partial charge < -0.3 is 14.7 Å². The molecule has 0 radical (unpaired) electrons. The molecule has 0 aliphatic carbocycles. The Morgan fingerprint density at radius 3 is 2.55 bits per heavy atom. The Morgan fingerprint density at radius 1 is 1.35 bits per heavy atom. The largest absolute Gasteiger partial charge is 0.494 e. The van der Waals surface area contributed by atoms with Gasteiger partial charge in [0, 0.05) is 25.2 Å². The summed E-state index contributed by atoms with van der Waals surface area (Å²) in [5.74, 6) is 0.366. The quantitative estimate of drug-likeness (QED) is 0.921. The van der Waals surface area contributed by atoms with Crippen LogP contribution in [0.4, 0.5) is 4.39 Å². The lowest BCUT2D eigenvalue weighted by Gasteiger charge is -2.39. The Labute approximate surface area is 120 Å². The molecule has 0 amide bonds. The summed E-state index contributed by atoms with van der Waals surface area (Å²) in [4.78, 5) is 2.33.